The molecule has 0 atom stereocenters. The van der Waals surface area contributed by atoms with Crippen LogP contribution in [-0.4, -0.2) is 74.6 Å². The number of amides is 2. The first-order valence-electron chi connectivity index (χ1n) is 10.1. The number of thiazole rings is 1. The topological polar surface area (TPSA) is 107 Å². The number of methoxy groups -OCH3 is 1. The molecule has 0 N–H and O–H groups in total. The first kappa shape index (κ1) is 23.4. The summed E-state index contributed by atoms with van der Waals surface area (Å²) >= 11 is 1.27. The second kappa shape index (κ2) is 10.4. The van der Waals surface area contributed by atoms with Crippen molar-refractivity contribution in [3.63, 3.8) is 0 Å². The van der Waals surface area contributed by atoms with Gasteiger partial charge in [-0.3, -0.25) is 9.59 Å². The molecule has 0 spiro atoms. The molecule has 1 fully saturated rings. The number of fused-ring (bicyclic) bond motifs is 1. The average Bonchev–Trinajstić information content (AvgIpc) is 3.33. The van der Waals surface area contributed by atoms with Crippen LogP contribution in [0.3, 0.4) is 0 Å². The highest BCUT2D eigenvalue weighted by Crippen LogP contribution is 2.23. The van der Waals surface area contributed by atoms with Crippen molar-refractivity contribution in [1.82, 2.24) is 9.47 Å². The lowest BCUT2D eigenvalue weighted by Crippen LogP contribution is -2.35. The van der Waals surface area contributed by atoms with E-state index < -0.39 is 33.2 Å². The SMILES string of the molecule is CCOc1ccc2c(c1)sc(=NC(=O)CS(=O)(=O)CC(=O)N1CCCC1)n2CCOC. The Balaban J connectivity index is 1.83. The van der Waals surface area contributed by atoms with Crippen LogP contribution in [0.4, 0.5) is 0 Å². The minimum atomic E-state index is -3.90. The molecule has 1 saturated heterocycles. The third-order valence-corrected chi connectivity index (χ3v) is 7.26. The number of nitrogens with zero attached hydrogens (tertiary/aromatic N) is 3. The lowest BCUT2D eigenvalue weighted by Gasteiger charge is -2.14. The summed E-state index contributed by atoms with van der Waals surface area (Å²) < 4.78 is 38.1. The van der Waals surface area contributed by atoms with Crippen LogP contribution in [0, 0.1) is 0 Å². The van der Waals surface area contributed by atoms with Crippen molar-refractivity contribution >= 4 is 43.2 Å². The van der Waals surface area contributed by atoms with Crippen LogP contribution >= 0.6 is 11.3 Å². The van der Waals surface area contributed by atoms with Gasteiger partial charge in [-0.25, -0.2) is 8.42 Å². The molecular weight excluding hydrogens is 442 g/mol. The number of aromatic nitrogens is 1. The maximum absolute atomic E-state index is 12.5. The van der Waals surface area contributed by atoms with Crippen LogP contribution in [0.5, 0.6) is 5.75 Å². The first-order chi connectivity index (χ1) is 14.8. The summed E-state index contributed by atoms with van der Waals surface area (Å²) in [5.41, 5.74) is 0.851. The van der Waals surface area contributed by atoms with E-state index in [0.717, 1.165) is 23.1 Å². The van der Waals surface area contributed by atoms with Crippen molar-refractivity contribution in [1.29, 1.82) is 0 Å². The number of hydrogen-bond acceptors (Lipinski definition) is 7. The standard InChI is InChI=1S/C20H27N3O6S2/c1-3-29-15-6-7-16-17(12-15)30-20(23(16)10-11-28-2)21-18(24)13-31(26,27)14-19(25)22-8-4-5-9-22/h6-7,12H,3-5,8-11,13-14H2,1-2H3. The number of likely N-dealkylation sites (tertiary alicyclic amines) is 1. The third-order valence-electron chi connectivity index (χ3n) is 4.85. The molecule has 0 radical (unpaired) electrons. The third kappa shape index (κ3) is 6.14. The van der Waals surface area contributed by atoms with Crippen molar-refractivity contribution in [2.75, 3.05) is 44.9 Å². The Hall–Kier alpha value is -2.24. The quantitative estimate of drug-likeness (QED) is 0.546. The number of benzene rings is 1. The van der Waals surface area contributed by atoms with Gasteiger partial charge in [-0.2, -0.15) is 4.99 Å². The van der Waals surface area contributed by atoms with E-state index in [4.69, 9.17) is 9.47 Å². The van der Waals surface area contributed by atoms with Crippen LogP contribution in [0.25, 0.3) is 10.2 Å². The minimum absolute atomic E-state index is 0.381. The van der Waals surface area contributed by atoms with Gasteiger partial charge in [0.05, 0.1) is 23.4 Å². The molecular formula is C20H27N3O6S2. The normalized spacial score (nSPS) is 15.0. The predicted molar refractivity (Wildman–Crippen MR) is 118 cm³/mol. The van der Waals surface area contributed by atoms with Gasteiger partial charge in [0.1, 0.15) is 17.3 Å². The summed E-state index contributed by atoms with van der Waals surface area (Å²) in [6.45, 7) is 4.42. The van der Waals surface area contributed by atoms with Gasteiger partial charge >= 0.3 is 0 Å². The van der Waals surface area contributed by atoms with Gasteiger partial charge in [0.15, 0.2) is 14.6 Å². The molecule has 2 amide bonds. The molecule has 1 aliphatic heterocycles. The van der Waals surface area contributed by atoms with Gasteiger partial charge in [-0.05, 0) is 38.0 Å². The molecule has 0 saturated carbocycles. The van der Waals surface area contributed by atoms with Gasteiger partial charge < -0.3 is 18.9 Å². The van der Waals surface area contributed by atoms with Gasteiger partial charge in [0.25, 0.3) is 5.91 Å². The number of ether oxygens (including phenoxy) is 2. The van der Waals surface area contributed by atoms with Gasteiger partial charge in [-0.15, -0.1) is 0 Å². The number of sulfone groups is 1. The summed E-state index contributed by atoms with van der Waals surface area (Å²) in [6.07, 6.45) is 1.75. The molecule has 9 nitrogen and oxygen atoms in total. The van der Waals surface area contributed by atoms with Gasteiger partial charge in [0.2, 0.25) is 5.91 Å². The summed E-state index contributed by atoms with van der Waals surface area (Å²) in [5.74, 6) is -2.00. The predicted octanol–water partition coefficient (Wildman–Crippen LogP) is 1.21. The van der Waals surface area contributed by atoms with E-state index in [0.29, 0.717) is 43.4 Å². The van der Waals surface area contributed by atoms with Crippen LogP contribution in [0.15, 0.2) is 23.2 Å². The molecule has 31 heavy (non-hydrogen) atoms. The average molecular weight is 470 g/mol. The molecule has 1 aliphatic rings. The molecule has 11 heteroatoms. The fraction of sp³-hybridized carbons (Fsp3) is 0.550. The van der Waals surface area contributed by atoms with Gasteiger partial charge in [-0.1, -0.05) is 11.3 Å². The number of carbonyl (C=O) groups is 2. The van der Waals surface area contributed by atoms with E-state index in [1.54, 1.807) is 7.11 Å². The molecule has 0 bridgehead atoms. The maximum Gasteiger partial charge on any atom is 0.263 e. The summed E-state index contributed by atoms with van der Waals surface area (Å²) in [6, 6.07) is 5.57. The Bertz CT molecular complexity index is 1110. The van der Waals surface area contributed by atoms with E-state index in [2.05, 4.69) is 4.99 Å². The molecule has 2 heterocycles. The first-order valence-corrected chi connectivity index (χ1v) is 12.8. The summed E-state index contributed by atoms with van der Waals surface area (Å²) in [5, 5.41) is 0. The van der Waals surface area contributed by atoms with E-state index in [9.17, 15) is 18.0 Å². The smallest absolute Gasteiger partial charge is 0.263 e. The van der Waals surface area contributed by atoms with Crippen molar-refractivity contribution in [2.24, 2.45) is 4.99 Å². The fourth-order valence-electron chi connectivity index (χ4n) is 3.42. The number of carbonyl (C=O) groups excluding carboxylic acids is 2. The highest BCUT2D eigenvalue weighted by atomic mass is 32.2. The van der Waals surface area contributed by atoms with E-state index in [-0.39, 0.29) is 0 Å². The van der Waals surface area contributed by atoms with E-state index in [1.807, 2.05) is 29.7 Å². The van der Waals surface area contributed by atoms with Crippen LogP contribution in [0.1, 0.15) is 19.8 Å². The van der Waals surface area contributed by atoms with Crippen molar-refractivity contribution < 1.29 is 27.5 Å². The zero-order chi connectivity index (χ0) is 22.4. The highest BCUT2D eigenvalue weighted by molar-refractivity contribution is 7.92. The van der Waals surface area contributed by atoms with Crippen molar-refractivity contribution in [3.05, 3.63) is 23.0 Å². The zero-order valence-electron chi connectivity index (χ0n) is 17.7. The van der Waals surface area contributed by atoms with E-state index >= 15 is 0 Å². The highest BCUT2D eigenvalue weighted by Gasteiger charge is 2.26. The Kier molecular flexibility index (Phi) is 7.84. The van der Waals surface area contributed by atoms with Crippen molar-refractivity contribution in [3.8, 4) is 5.75 Å². The summed E-state index contributed by atoms with van der Waals surface area (Å²) in [7, 11) is -2.32. The Morgan fingerprint density at radius 1 is 1.19 bits per heavy atom. The largest absolute Gasteiger partial charge is 0.494 e. The molecule has 0 aliphatic carbocycles. The van der Waals surface area contributed by atoms with Crippen LogP contribution < -0.4 is 9.54 Å². The van der Waals surface area contributed by atoms with Crippen LogP contribution in [0.2, 0.25) is 0 Å². The molecule has 1 aromatic heterocycles. The Morgan fingerprint density at radius 3 is 2.61 bits per heavy atom. The van der Waals surface area contributed by atoms with Crippen molar-refractivity contribution in [2.45, 2.75) is 26.3 Å². The number of rotatable bonds is 9. The Morgan fingerprint density at radius 2 is 1.94 bits per heavy atom. The fourth-order valence-corrected chi connectivity index (χ4v) is 5.62. The molecule has 0 unspecified atom stereocenters. The Labute approximate surface area is 185 Å². The lowest BCUT2D eigenvalue weighted by atomic mass is 10.3. The molecule has 170 valence electrons. The van der Waals surface area contributed by atoms with Crippen LogP contribution in [-0.2, 0) is 30.7 Å². The monoisotopic (exact) mass is 469 g/mol. The second-order valence-electron chi connectivity index (χ2n) is 7.22. The molecule has 2 aromatic rings. The van der Waals surface area contributed by atoms with E-state index in [1.165, 1.54) is 16.2 Å². The zero-order valence-corrected chi connectivity index (χ0v) is 19.3. The number of hydrogen-bond donors (Lipinski definition) is 0. The molecule has 3 rings (SSSR count). The minimum Gasteiger partial charge on any atom is -0.494 e. The second-order valence-corrected chi connectivity index (χ2v) is 10.3. The van der Waals surface area contributed by atoms with Gasteiger partial charge in [0, 0.05) is 26.7 Å². The maximum atomic E-state index is 12.5. The lowest BCUT2D eigenvalue weighted by molar-refractivity contribution is -0.127. The molecule has 1 aromatic carbocycles. The summed E-state index contributed by atoms with van der Waals surface area (Å²) in [4.78, 5) is 30.6.